The second kappa shape index (κ2) is 4.19. The summed E-state index contributed by atoms with van der Waals surface area (Å²) in [5.74, 6) is -1.40. The Labute approximate surface area is 111 Å². The molecule has 0 atom stereocenters. The van der Waals surface area contributed by atoms with Gasteiger partial charge < -0.3 is 5.11 Å². The van der Waals surface area contributed by atoms with Crippen molar-refractivity contribution in [3.63, 3.8) is 0 Å². The zero-order valence-corrected chi connectivity index (χ0v) is 10.2. The lowest BCUT2D eigenvalue weighted by Gasteiger charge is -2.24. The van der Waals surface area contributed by atoms with E-state index in [1.54, 1.807) is 0 Å². The highest BCUT2D eigenvalue weighted by Gasteiger charge is 2.37. The summed E-state index contributed by atoms with van der Waals surface area (Å²) in [6.45, 7) is 0. The number of rotatable bonds is 2. The predicted octanol–water partition coefficient (Wildman–Crippen LogP) is 2.71. The Bertz CT molecular complexity index is 689. The smallest absolute Gasteiger partial charge is 0.433 e. The quantitative estimate of drug-likeness (QED) is 0.921. The van der Waals surface area contributed by atoms with Gasteiger partial charge in [0.15, 0.2) is 11.3 Å². The van der Waals surface area contributed by atoms with Crippen LogP contribution in [0, 0.1) is 0 Å². The first kappa shape index (κ1) is 12.9. The fraction of sp³-hybridized carbons (Fsp3) is 0.417. The molecular formula is C12H10F3N3O2. The second-order valence-electron chi connectivity index (χ2n) is 4.76. The highest BCUT2D eigenvalue weighted by atomic mass is 19.4. The molecule has 106 valence electrons. The molecule has 0 bridgehead atoms. The molecule has 0 unspecified atom stereocenters. The maximum absolute atomic E-state index is 12.9. The Morgan fingerprint density at radius 1 is 1.40 bits per heavy atom. The standard InChI is InChI=1S/C12H10F3N3O2/c13-12(14,15)7-4-5-16-10-8(6-2-1-3-6)9(11(19)20)17-18(7)10/h4-6H,1-3H2,(H,19,20). The zero-order valence-electron chi connectivity index (χ0n) is 10.2. The van der Waals surface area contributed by atoms with Gasteiger partial charge in [0.2, 0.25) is 0 Å². The minimum Gasteiger partial charge on any atom is -0.476 e. The van der Waals surface area contributed by atoms with Gasteiger partial charge in [-0.15, -0.1) is 0 Å². The van der Waals surface area contributed by atoms with Crippen LogP contribution in [0.3, 0.4) is 0 Å². The molecule has 1 aliphatic carbocycles. The molecule has 0 spiro atoms. The summed E-state index contributed by atoms with van der Waals surface area (Å²) in [6.07, 6.45) is -1.15. The number of aromatic nitrogens is 3. The molecule has 20 heavy (non-hydrogen) atoms. The third-order valence-corrected chi connectivity index (χ3v) is 3.56. The number of nitrogens with zero attached hydrogens (tertiary/aromatic N) is 3. The molecule has 1 fully saturated rings. The lowest BCUT2D eigenvalue weighted by atomic mass is 9.80. The highest BCUT2D eigenvalue weighted by Crippen LogP contribution is 2.40. The fourth-order valence-electron chi connectivity index (χ4n) is 2.41. The minimum atomic E-state index is -4.61. The summed E-state index contributed by atoms with van der Waals surface area (Å²) >= 11 is 0. The van der Waals surface area contributed by atoms with Gasteiger partial charge in [-0.3, -0.25) is 0 Å². The summed E-state index contributed by atoms with van der Waals surface area (Å²) < 4.78 is 39.4. The van der Waals surface area contributed by atoms with Crippen LogP contribution in [0.25, 0.3) is 5.65 Å². The molecular weight excluding hydrogens is 275 g/mol. The molecule has 2 aromatic heterocycles. The SMILES string of the molecule is O=C(O)c1nn2c(C(F)(F)F)ccnc2c1C1CCC1. The van der Waals surface area contributed by atoms with Crippen LogP contribution < -0.4 is 0 Å². The first-order valence-corrected chi connectivity index (χ1v) is 6.07. The third-order valence-electron chi connectivity index (χ3n) is 3.56. The van der Waals surface area contributed by atoms with E-state index in [4.69, 9.17) is 5.11 Å². The average Bonchev–Trinajstić information content (AvgIpc) is 2.65. The number of carbonyl (C=O) groups is 1. The number of alkyl halides is 3. The molecule has 0 aromatic carbocycles. The Morgan fingerprint density at radius 2 is 2.10 bits per heavy atom. The molecule has 0 aliphatic heterocycles. The van der Waals surface area contributed by atoms with Crippen LogP contribution in [-0.2, 0) is 6.18 Å². The van der Waals surface area contributed by atoms with Gasteiger partial charge in [-0.1, -0.05) is 6.42 Å². The van der Waals surface area contributed by atoms with Crippen molar-refractivity contribution in [1.82, 2.24) is 14.6 Å². The average molecular weight is 285 g/mol. The number of carboxylic acids is 1. The van der Waals surface area contributed by atoms with Crippen LogP contribution in [0.2, 0.25) is 0 Å². The van der Waals surface area contributed by atoms with Crippen molar-refractivity contribution in [2.45, 2.75) is 31.4 Å². The van der Waals surface area contributed by atoms with E-state index in [0.717, 1.165) is 31.5 Å². The normalized spacial score (nSPS) is 16.4. The van der Waals surface area contributed by atoms with Crippen LogP contribution in [0.4, 0.5) is 13.2 Å². The maximum Gasteiger partial charge on any atom is 0.433 e. The predicted molar refractivity (Wildman–Crippen MR) is 61.5 cm³/mol. The number of halogens is 3. The van der Waals surface area contributed by atoms with Crippen LogP contribution in [0.1, 0.15) is 46.9 Å². The van der Waals surface area contributed by atoms with E-state index in [9.17, 15) is 18.0 Å². The largest absolute Gasteiger partial charge is 0.476 e. The number of fused-ring (bicyclic) bond motifs is 1. The monoisotopic (exact) mass is 285 g/mol. The molecule has 0 amide bonds. The lowest BCUT2D eigenvalue weighted by Crippen LogP contribution is -2.14. The van der Waals surface area contributed by atoms with E-state index in [0.29, 0.717) is 10.1 Å². The molecule has 3 rings (SSSR count). The third kappa shape index (κ3) is 1.83. The Kier molecular flexibility index (Phi) is 2.70. The first-order valence-electron chi connectivity index (χ1n) is 6.07. The molecule has 5 nitrogen and oxygen atoms in total. The number of carboxylic acid groups (broad SMARTS) is 1. The second-order valence-corrected chi connectivity index (χ2v) is 4.76. The first-order chi connectivity index (χ1) is 9.39. The van der Waals surface area contributed by atoms with E-state index in [2.05, 4.69) is 10.1 Å². The fourth-order valence-corrected chi connectivity index (χ4v) is 2.41. The summed E-state index contributed by atoms with van der Waals surface area (Å²) in [4.78, 5) is 15.1. The van der Waals surface area contributed by atoms with Crippen LogP contribution in [-0.4, -0.2) is 25.7 Å². The molecule has 2 aromatic rings. The zero-order chi connectivity index (χ0) is 14.5. The Morgan fingerprint density at radius 3 is 2.60 bits per heavy atom. The maximum atomic E-state index is 12.9. The number of hydrogen-bond acceptors (Lipinski definition) is 3. The molecule has 1 N–H and O–H groups in total. The van der Waals surface area contributed by atoms with E-state index >= 15 is 0 Å². The molecule has 0 radical (unpaired) electrons. The summed E-state index contributed by atoms with van der Waals surface area (Å²) in [7, 11) is 0. The summed E-state index contributed by atoms with van der Waals surface area (Å²) in [5.41, 5.74) is -1.05. The van der Waals surface area contributed by atoms with Gasteiger partial charge in [0.25, 0.3) is 0 Å². The van der Waals surface area contributed by atoms with Gasteiger partial charge in [0.05, 0.1) is 0 Å². The molecule has 1 aliphatic rings. The highest BCUT2D eigenvalue weighted by molar-refractivity contribution is 5.89. The van der Waals surface area contributed by atoms with E-state index in [1.165, 1.54) is 0 Å². The van der Waals surface area contributed by atoms with Gasteiger partial charge in [-0.2, -0.15) is 18.3 Å². The van der Waals surface area contributed by atoms with E-state index in [1.807, 2.05) is 0 Å². The van der Waals surface area contributed by atoms with Gasteiger partial charge >= 0.3 is 12.1 Å². The number of aromatic carboxylic acids is 1. The van der Waals surface area contributed by atoms with Gasteiger partial charge in [-0.25, -0.2) is 14.3 Å². The van der Waals surface area contributed by atoms with Crippen molar-refractivity contribution in [3.8, 4) is 0 Å². The molecule has 1 saturated carbocycles. The van der Waals surface area contributed by atoms with E-state index < -0.39 is 17.8 Å². The Hall–Kier alpha value is -2.12. The van der Waals surface area contributed by atoms with Crippen LogP contribution >= 0.6 is 0 Å². The van der Waals surface area contributed by atoms with Gasteiger partial charge in [-0.05, 0) is 24.8 Å². The molecule has 0 saturated heterocycles. The summed E-state index contributed by atoms with van der Waals surface area (Å²) in [5, 5.41) is 12.8. The number of hydrogen-bond donors (Lipinski definition) is 1. The van der Waals surface area contributed by atoms with Crippen molar-refractivity contribution >= 4 is 11.6 Å². The lowest BCUT2D eigenvalue weighted by molar-refractivity contribution is -0.142. The van der Waals surface area contributed by atoms with Crippen molar-refractivity contribution in [3.05, 3.63) is 29.2 Å². The Balaban J connectivity index is 2.31. The van der Waals surface area contributed by atoms with Gasteiger partial charge in [0.1, 0.15) is 5.69 Å². The van der Waals surface area contributed by atoms with Crippen LogP contribution in [0.15, 0.2) is 12.3 Å². The molecule has 8 heteroatoms. The summed E-state index contributed by atoms with van der Waals surface area (Å²) in [6, 6.07) is 0.788. The van der Waals surface area contributed by atoms with Gasteiger partial charge in [0, 0.05) is 11.8 Å². The minimum absolute atomic E-state index is 0.0121. The van der Waals surface area contributed by atoms with E-state index in [-0.39, 0.29) is 17.3 Å². The van der Waals surface area contributed by atoms with Crippen LogP contribution in [0.5, 0.6) is 0 Å². The van der Waals surface area contributed by atoms with Crippen molar-refractivity contribution in [1.29, 1.82) is 0 Å². The van der Waals surface area contributed by atoms with Crippen molar-refractivity contribution in [2.75, 3.05) is 0 Å². The van der Waals surface area contributed by atoms with Crippen molar-refractivity contribution in [2.24, 2.45) is 0 Å². The topological polar surface area (TPSA) is 67.5 Å². The van der Waals surface area contributed by atoms with Crippen molar-refractivity contribution < 1.29 is 23.1 Å². The molecule has 2 heterocycles.